The number of aliphatic hydroxyl groups is 1. The Morgan fingerprint density at radius 2 is 2.12 bits per heavy atom. The topological polar surface area (TPSA) is 69.0 Å². The molecule has 1 aromatic carbocycles. The molecule has 92 valence electrons. The molecule has 4 nitrogen and oxygen atoms in total. The van der Waals surface area contributed by atoms with E-state index in [1.165, 1.54) is 5.56 Å². The van der Waals surface area contributed by atoms with E-state index < -0.39 is 0 Å². The smallest absolute Gasteiger partial charge is 0.0628 e. The second-order valence-electron chi connectivity index (χ2n) is 4.30. The third-order valence-corrected chi connectivity index (χ3v) is 2.87. The van der Waals surface area contributed by atoms with Crippen molar-refractivity contribution in [1.29, 1.82) is 0 Å². The molecule has 0 aromatic heterocycles. The summed E-state index contributed by atoms with van der Waals surface area (Å²) < 4.78 is 0. The molecule has 1 N–H and O–H groups in total. The van der Waals surface area contributed by atoms with E-state index >= 15 is 0 Å². The van der Waals surface area contributed by atoms with Crippen LogP contribution in [0.5, 0.6) is 0 Å². The minimum atomic E-state index is -0.119. The zero-order valence-corrected chi connectivity index (χ0v) is 10.4. The van der Waals surface area contributed by atoms with Crippen LogP contribution in [-0.2, 0) is 0 Å². The predicted molar refractivity (Wildman–Crippen MR) is 68.7 cm³/mol. The highest BCUT2D eigenvalue weighted by Gasteiger charge is 2.11. The Labute approximate surface area is 102 Å². The summed E-state index contributed by atoms with van der Waals surface area (Å²) in [4.78, 5) is 2.92. The highest BCUT2D eigenvalue weighted by molar-refractivity contribution is 5.33. The van der Waals surface area contributed by atoms with Crippen molar-refractivity contribution >= 4 is 0 Å². The molecule has 0 heterocycles. The highest BCUT2D eigenvalue weighted by atomic mass is 16.2. The molecule has 0 aliphatic carbocycles. The number of rotatable bonds is 6. The van der Waals surface area contributed by atoms with Crippen molar-refractivity contribution in [2.75, 3.05) is 6.61 Å². The van der Waals surface area contributed by atoms with Crippen LogP contribution >= 0.6 is 0 Å². The SMILES string of the molecule is Cc1ccc(C)c(C(CCCCO)N=[N+]=[N-])c1. The summed E-state index contributed by atoms with van der Waals surface area (Å²) in [5.74, 6) is 0. The molecule has 0 radical (unpaired) electrons. The van der Waals surface area contributed by atoms with Crippen LogP contribution in [0.15, 0.2) is 23.3 Å². The van der Waals surface area contributed by atoms with Gasteiger partial charge in [0.1, 0.15) is 0 Å². The lowest BCUT2D eigenvalue weighted by Gasteiger charge is -2.14. The van der Waals surface area contributed by atoms with E-state index in [4.69, 9.17) is 10.6 Å². The zero-order valence-electron chi connectivity index (χ0n) is 10.4. The number of aryl methyl sites for hydroxylation is 2. The number of nitrogens with zero attached hydrogens (tertiary/aromatic N) is 3. The molecular formula is C13H19N3O. The second-order valence-corrected chi connectivity index (χ2v) is 4.30. The molecule has 1 unspecified atom stereocenters. The van der Waals surface area contributed by atoms with Gasteiger partial charge in [-0.2, -0.15) is 0 Å². The molecule has 0 fully saturated rings. The lowest BCUT2D eigenvalue weighted by molar-refractivity contribution is 0.281. The average molecular weight is 233 g/mol. The molecule has 1 rings (SSSR count). The van der Waals surface area contributed by atoms with Crippen molar-refractivity contribution in [2.24, 2.45) is 5.11 Å². The summed E-state index contributed by atoms with van der Waals surface area (Å²) in [6.45, 7) is 4.25. The Morgan fingerprint density at radius 1 is 1.35 bits per heavy atom. The maximum absolute atomic E-state index is 8.77. The predicted octanol–water partition coefficient (Wildman–Crippen LogP) is 3.82. The van der Waals surface area contributed by atoms with Gasteiger partial charge in [0.15, 0.2) is 0 Å². The monoisotopic (exact) mass is 233 g/mol. The first kappa shape index (κ1) is 13.6. The van der Waals surface area contributed by atoms with Crippen LogP contribution in [0, 0.1) is 13.8 Å². The average Bonchev–Trinajstić information content (AvgIpc) is 2.32. The lowest BCUT2D eigenvalue weighted by atomic mass is 9.96. The second kappa shape index (κ2) is 6.94. The van der Waals surface area contributed by atoms with Crippen molar-refractivity contribution in [1.82, 2.24) is 0 Å². The van der Waals surface area contributed by atoms with Crippen molar-refractivity contribution in [2.45, 2.75) is 39.2 Å². The molecule has 0 spiro atoms. The molecule has 0 saturated carbocycles. The Balaban J connectivity index is 2.88. The van der Waals surface area contributed by atoms with E-state index in [0.717, 1.165) is 30.4 Å². The minimum absolute atomic E-state index is 0.119. The molecule has 0 amide bonds. The van der Waals surface area contributed by atoms with E-state index in [2.05, 4.69) is 28.2 Å². The van der Waals surface area contributed by atoms with Gasteiger partial charge in [-0.05, 0) is 43.3 Å². The number of azide groups is 1. The molecule has 0 bridgehead atoms. The Bertz CT molecular complexity index is 411. The fourth-order valence-corrected chi connectivity index (χ4v) is 1.91. The van der Waals surface area contributed by atoms with Crippen molar-refractivity contribution in [3.05, 3.63) is 45.3 Å². The molecule has 1 aromatic rings. The standard InChI is InChI=1S/C13H19N3O/c1-10-6-7-11(2)12(9-10)13(15-16-14)5-3-4-8-17/h6-7,9,13,17H,3-5,8H2,1-2H3. The first-order valence-electron chi connectivity index (χ1n) is 5.91. The van der Waals surface area contributed by atoms with Gasteiger partial charge in [0, 0.05) is 11.5 Å². The Morgan fingerprint density at radius 3 is 2.76 bits per heavy atom. The van der Waals surface area contributed by atoms with Crippen LogP contribution < -0.4 is 0 Å². The van der Waals surface area contributed by atoms with Gasteiger partial charge in [0.05, 0.1) is 6.04 Å². The fraction of sp³-hybridized carbons (Fsp3) is 0.538. The van der Waals surface area contributed by atoms with E-state index in [9.17, 15) is 0 Å². The number of unbranched alkanes of at least 4 members (excludes halogenated alkanes) is 1. The number of benzene rings is 1. The molecule has 1 atom stereocenters. The molecule has 0 aliphatic heterocycles. The first-order chi connectivity index (χ1) is 8.19. The molecule has 17 heavy (non-hydrogen) atoms. The zero-order chi connectivity index (χ0) is 12.7. The molecule has 0 aliphatic rings. The largest absolute Gasteiger partial charge is 0.396 e. The Kier molecular flexibility index (Phi) is 5.53. The number of aliphatic hydroxyl groups excluding tert-OH is 1. The number of hydrogen-bond donors (Lipinski definition) is 1. The van der Waals surface area contributed by atoms with Gasteiger partial charge in [-0.25, -0.2) is 0 Å². The minimum Gasteiger partial charge on any atom is -0.396 e. The van der Waals surface area contributed by atoms with Gasteiger partial charge in [-0.3, -0.25) is 0 Å². The highest BCUT2D eigenvalue weighted by Crippen LogP contribution is 2.27. The third kappa shape index (κ3) is 4.10. The van der Waals surface area contributed by atoms with Crippen molar-refractivity contribution in [3.8, 4) is 0 Å². The van der Waals surface area contributed by atoms with Crippen molar-refractivity contribution < 1.29 is 5.11 Å². The van der Waals surface area contributed by atoms with Crippen LogP contribution in [0.4, 0.5) is 0 Å². The maximum Gasteiger partial charge on any atom is 0.0628 e. The Hall–Kier alpha value is -1.51. The van der Waals surface area contributed by atoms with Crippen LogP contribution in [0.2, 0.25) is 0 Å². The van der Waals surface area contributed by atoms with Gasteiger partial charge in [-0.1, -0.05) is 35.3 Å². The summed E-state index contributed by atoms with van der Waals surface area (Å²) in [6, 6.07) is 6.07. The van der Waals surface area contributed by atoms with E-state index in [-0.39, 0.29) is 12.6 Å². The summed E-state index contributed by atoms with van der Waals surface area (Å²) in [6.07, 6.45) is 2.41. The van der Waals surface area contributed by atoms with Gasteiger partial charge in [0.2, 0.25) is 0 Å². The van der Waals surface area contributed by atoms with E-state index in [1.807, 2.05) is 13.8 Å². The van der Waals surface area contributed by atoms with Crippen LogP contribution in [0.1, 0.15) is 42.0 Å². The van der Waals surface area contributed by atoms with Gasteiger partial charge >= 0.3 is 0 Å². The lowest BCUT2D eigenvalue weighted by Crippen LogP contribution is -1.99. The molecule has 4 heteroatoms. The van der Waals surface area contributed by atoms with E-state index in [1.54, 1.807) is 0 Å². The maximum atomic E-state index is 8.77. The third-order valence-electron chi connectivity index (χ3n) is 2.87. The van der Waals surface area contributed by atoms with Gasteiger partial charge in [0.25, 0.3) is 0 Å². The summed E-state index contributed by atoms with van der Waals surface area (Å²) in [5, 5.41) is 12.6. The van der Waals surface area contributed by atoms with Crippen LogP contribution in [0.3, 0.4) is 0 Å². The normalized spacial score (nSPS) is 11.9. The quantitative estimate of drug-likeness (QED) is 0.345. The van der Waals surface area contributed by atoms with Crippen LogP contribution in [-0.4, -0.2) is 11.7 Å². The number of hydrogen-bond acceptors (Lipinski definition) is 2. The summed E-state index contributed by atoms with van der Waals surface area (Å²) in [5.41, 5.74) is 12.0. The van der Waals surface area contributed by atoms with Crippen LogP contribution in [0.25, 0.3) is 10.4 Å². The first-order valence-corrected chi connectivity index (χ1v) is 5.91. The van der Waals surface area contributed by atoms with E-state index in [0.29, 0.717) is 0 Å². The van der Waals surface area contributed by atoms with Gasteiger partial charge in [-0.15, -0.1) is 0 Å². The fourth-order valence-electron chi connectivity index (χ4n) is 1.91. The molecular weight excluding hydrogens is 214 g/mol. The molecule has 0 saturated heterocycles. The summed E-state index contributed by atoms with van der Waals surface area (Å²) in [7, 11) is 0. The summed E-state index contributed by atoms with van der Waals surface area (Å²) >= 11 is 0. The van der Waals surface area contributed by atoms with Gasteiger partial charge < -0.3 is 5.11 Å². The van der Waals surface area contributed by atoms with Crippen molar-refractivity contribution in [3.63, 3.8) is 0 Å².